The predicted molar refractivity (Wildman–Crippen MR) is 73.7 cm³/mol. The fourth-order valence-corrected chi connectivity index (χ4v) is 2.99. The second-order valence-corrected chi connectivity index (χ2v) is 6.11. The first-order valence-corrected chi connectivity index (χ1v) is 7.25. The van der Waals surface area contributed by atoms with Gasteiger partial charge in [-0.05, 0) is 31.2 Å². The van der Waals surface area contributed by atoms with Crippen LogP contribution in [0.1, 0.15) is 11.1 Å². The van der Waals surface area contributed by atoms with E-state index in [2.05, 4.69) is 4.85 Å². The molecule has 0 heterocycles. The van der Waals surface area contributed by atoms with E-state index in [4.69, 9.17) is 6.57 Å². The summed E-state index contributed by atoms with van der Waals surface area (Å²) in [6, 6.07) is 11.1. The van der Waals surface area contributed by atoms with E-state index in [0.717, 1.165) is 17.7 Å². The number of hydrogen-bond acceptors (Lipinski definition) is 2. The van der Waals surface area contributed by atoms with Crippen molar-refractivity contribution in [2.24, 2.45) is 0 Å². The number of hydrogen-bond donors (Lipinski definition) is 0. The van der Waals surface area contributed by atoms with E-state index in [9.17, 15) is 12.8 Å². The summed E-state index contributed by atoms with van der Waals surface area (Å²) in [6.45, 7) is 8.96. The molecule has 0 N–H and O–H groups in total. The van der Waals surface area contributed by atoms with E-state index in [1.807, 2.05) is 6.92 Å². The highest BCUT2D eigenvalue weighted by atomic mass is 32.2. The second-order valence-electron chi connectivity index (χ2n) is 4.24. The number of nitrogens with zero attached hydrogens (tertiary/aromatic N) is 1. The predicted octanol–water partition coefficient (Wildman–Crippen LogP) is 3.36. The quantitative estimate of drug-likeness (QED) is 0.812. The summed E-state index contributed by atoms with van der Waals surface area (Å²) >= 11 is 0. The highest BCUT2D eigenvalue weighted by Crippen LogP contribution is 2.29. The SMILES string of the molecule is [C-]#[N+][C-](c1ccc(F)cc1)S(=O)(=O)c1ccc(C)cc1. The fourth-order valence-electron chi connectivity index (χ4n) is 1.70. The molecule has 2 aromatic rings. The molecule has 0 fully saturated rings. The van der Waals surface area contributed by atoms with Crippen LogP contribution in [0.25, 0.3) is 4.85 Å². The Bertz CT molecular complexity index is 744. The van der Waals surface area contributed by atoms with Gasteiger partial charge >= 0.3 is 0 Å². The van der Waals surface area contributed by atoms with Crippen molar-refractivity contribution < 1.29 is 12.8 Å². The normalized spacial score (nSPS) is 10.8. The van der Waals surface area contributed by atoms with Gasteiger partial charge < -0.3 is 4.85 Å². The van der Waals surface area contributed by atoms with Crippen LogP contribution in [-0.2, 0) is 9.84 Å². The maximum atomic E-state index is 12.9. The molecule has 3 nitrogen and oxygen atoms in total. The van der Waals surface area contributed by atoms with Crippen LogP contribution in [0.2, 0.25) is 0 Å². The second kappa shape index (κ2) is 5.35. The summed E-state index contributed by atoms with van der Waals surface area (Å²) in [6.07, 6.45) is 0. The van der Waals surface area contributed by atoms with Gasteiger partial charge in [0.15, 0.2) is 0 Å². The van der Waals surface area contributed by atoms with Crippen LogP contribution in [0.15, 0.2) is 53.4 Å². The first kappa shape index (κ1) is 14.1. The largest absolute Gasteiger partial charge is 0.437 e. The van der Waals surface area contributed by atoms with Crippen molar-refractivity contribution in [3.63, 3.8) is 0 Å². The first-order valence-electron chi connectivity index (χ1n) is 5.77. The van der Waals surface area contributed by atoms with E-state index in [-0.39, 0.29) is 10.5 Å². The van der Waals surface area contributed by atoms with Gasteiger partial charge in [-0.3, -0.25) is 6.57 Å². The minimum Gasteiger partial charge on any atom is -0.437 e. The Morgan fingerprint density at radius 2 is 1.60 bits per heavy atom. The zero-order chi connectivity index (χ0) is 14.8. The van der Waals surface area contributed by atoms with Crippen molar-refractivity contribution >= 4 is 9.84 Å². The topological polar surface area (TPSA) is 38.5 Å². The molecular formula is C15H11FNO2S-. The standard InChI is InChI=1S/C15H11FNO2S/c1-11-3-9-14(10-4-11)20(18,19)15(17-2)12-5-7-13(16)8-6-12/h3-10H,1H3/q-1. The van der Waals surface area contributed by atoms with Crippen LogP contribution in [0.4, 0.5) is 4.39 Å². The number of aryl methyl sites for hydroxylation is 1. The van der Waals surface area contributed by atoms with Crippen LogP contribution in [-0.4, -0.2) is 8.42 Å². The van der Waals surface area contributed by atoms with E-state index < -0.39 is 21.0 Å². The molecule has 0 amide bonds. The van der Waals surface area contributed by atoms with Crippen molar-refractivity contribution in [1.29, 1.82) is 0 Å². The molecule has 0 aliphatic carbocycles. The van der Waals surface area contributed by atoms with Crippen molar-refractivity contribution in [2.75, 3.05) is 0 Å². The van der Waals surface area contributed by atoms with Gasteiger partial charge in [-0.1, -0.05) is 35.4 Å². The Morgan fingerprint density at radius 3 is 2.10 bits per heavy atom. The summed E-state index contributed by atoms with van der Waals surface area (Å²) in [5, 5.41) is -0.402. The van der Waals surface area contributed by atoms with Crippen molar-refractivity contribution in [3.8, 4) is 0 Å². The Labute approximate surface area is 117 Å². The average molecular weight is 288 g/mol. The molecule has 0 saturated heterocycles. The monoisotopic (exact) mass is 288 g/mol. The van der Waals surface area contributed by atoms with E-state index >= 15 is 0 Å². The zero-order valence-electron chi connectivity index (χ0n) is 10.7. The summed E-state index contributed by atoms with van der Waals surface area (Å²) in [5.74, 6) is -0.481. The molecule has 0 aromatic heterocycles. The molecule has 0 aliphatic rings. The Morgan fingerprint density at radius 1 is 1.05 bits per heavy atom. The lowest BCUT2D eigenvalue weighted by molar-refractivity contribution is 0.599. The maximum absolute atomic E-state index is 12.9. The summed E-state index contributed by atoms with van der Waals surface area (Å²) in [4.78, 5) is 3.17. The highest BCUT2D eigenvalue weighted by Gasteiger charge is 2.21. The lowest BCUT2D eigenvalue weighted by Crippen LogP contribution is -2.11. The zero-order valence-corrected chi connectivity index (χ0v) is 11.5. The van der Waals surface area contributed by atoms with Crippen LogP contribution in [0.5, 0.6) is 0 Å². The van der Waals surface area contributed by atoms with Gasteiger partial charge in [-0.25, -0.2) is 12.8 Å². The molecule has 2 aromatic carbocycles. The molecule has 102 valence electrons. The molecule has 0 saturated carbocycles. The smallest absolute Gasteiger partial charge is 0.144 e. The Kier molecular flexibility index (Phi) is 3.77. The summed E-state index contributed by atoms with van der Waals surface area (Å²) < 4.78 is 37.7. The molecule has 0 aliphatic heterocycles. The minimum atomic E-state index is -3.89. The van der Waals surface area contributed by atoms with Gasteiger partial charge in [0.2, 0.25) is 0 Å². The number of halogens is 1. The molecule has 2 rings (SSSR count). The Hall–Kier alpha value is -2.32. The van der Waals surface area contributed by atoms with Crippen LogP contribution >= 0.6 is 0 Å². The van der Waals surface area contributed by atoms with Gasteiger partial charge in [-0.15, -0.1) is 0 Å². The van der Waals surface area contributed by atoms with Gasteiger partial charge in [0.25, 0.3) is 0 Å². The maximum Gasteiger partial charge on any atom is 0.144 e. The third-order valence-corrected chi connectivity index (χ3v) is 4.51. The number of benzene rings is 2. The third-order valence-electron chi connectivity index (χ3n) is 2.78. The Balaban J connectivity index is 2.48. The molecule has 0 atom stereocenters. The average Bonchev–Trinajstić information content (AvgIpc) is 2.42. The van der Waals surface area contributed by atoms with Crippen LogP contribution < -0.4 is 0 Å². The first-order chi connectivity index (χ1) is 9.45. The molecular weight excluding hydrogens is 277 g/mol. The van der Waals surface area contributed by atoms with Gasteiger partial charge in [-0.2, -0.15) is 0 Å². The summed E-state index contributed by atoms with van der Waals surface area (Å²) in [5.41, 5.74) is 1.11. The molecule has 0 unspecified atom stereocenters. The molecule has 0 spiro atoms. The fraction of sp³-hybridized carbons (Fsp3) is 0.0667. The molecule has 5 heteroatoms. The third kappa shape index (κ3) is 2.65. The van der Waals surface area contributed by atoms with Crippen LogP contribution in [0.3, 0.4) is 0 Å². The minimum absolute atomic E-state index is 0.0541. The molecule has 0 bridgehead atoms. The van der Waals surface area contributed by atoms with E-state index in [1.54, 1.807) is 12.1 Å². The van der Waals surface area contributed by atoms with Crippen LogP contribution in [0, 0.1) is 24.7 Å². The van der Waals surface area contributed by atoms with Crippen molar-refractivity contribution in [1.82, 2.24) is 0 Å². The lowest BCUT2D eigenvalue weighted by Gasteiger charge is -2.19. The van der Waals surface area contributed by atoms with Gasteiger partial charge in [0, 0.05) is 4.90 Å². The highest BCUT2D eigenvalue weighted by molar-refractivity contribution is 7.94. The van der Waals surface area contributed by atoms with Gasteiger partial charge in [0.05, 0.1) is 0 Å². The number of sulfone groups is 1. The molecule has 20 heavy (non-hydrogen) atoms. The molecule has 0 radical (unpaired) electrons. The van der Waals surface area contributed by atoms with E-state index in [0.29, 0.717) is 0 Å². The van der Waals surface area contributed by atoms with E-state index in [1.165, 1.54) is 24.3 Å². The lowest BCUT2D eigenvalue weighted by atomic mass is 10.2. The number of rotatable bonds is 3. The summed E-state index contributed by atoms with van der Waals surface area (Å²) in [7, 11) is -3.89. The van der Waals surface area contributed by atoms with Crippen molar-refractivity contribution in [3.05, 3.63) is 82.3 Å². The van der Waals surface area contributed by atoms with Gasteiger partial charge in [0.1, 0.15) is 21.0 Å². The van der Waals surface area contributed by atoms with Crippen molar-refractivity contribution in [2.45, 2.75) is 11.8 Å².